The number of halogens is 1. The Hall–Kier alpha value is -0.440. The molecule has 0 saturated heterocycles. The Bertz CT molecular complexity index is 221. The average Bonchev–Trinajstić information content (AvgIpc) is 2.43. The van der Waals surface area contributed by atoms with E-state index in [1.54, 1.807) is 7.11 Å². The Kier molecular flexibility index (Phi) is 21.3. The molecule has 0 aromatic heterocycles. The van der Waals surface area contributed by atoms with Crippen LogP contribution in [0.1, 0.15) is 12.8 Å². The number of rotatable bonds is 16. The van der Waals surface area contributed by atoms with Gasteiger partial charge in [-0.15, -0.1) is 12.4 Å². The summed E-state index contributed by atoms with van der Waals surface area (Å²) in [6, 6.07) is 0. The van der Waals surface area contributed by atoms with Gasteiger partial charge < -0.3 is 29.4 Å². The van der Waals surface area contributed by atoms with Crippen molar-refractivity contribution in [2.75, 3.05) is 66.6 Å². The molecule has 128 valence electrons. The number of carbonyl (C=O) groups excluding carboxylic acids is 1. The number of primary amides is 1. The molecule has 0 bridgehead atoms. The summed E-state index contributed by atoms with van der Waals surface area (Å²) in [6.07, 6.45) is 1.02. The molecule has 0 aromatic rings. The average molecular weight is 330 g/mol. The number of nitrogens with two attached hydrogens (primary N) is 1. The first-order chi connectivity index (χ1) is 9.77. The van der Waals surface area contributed by atoms with E-state index in [1.165, 1.54) is 0 Å². The fourth-order valence-corrected chi connectivity index (χ4v) is 1.25. The molecule has 0 unspecified atom stereocenters. The summed E-state index contributed by atoms with van der Waals surface area (Å²) in [5.74, 6) is -0.298. The summed E-state index contributed by atoms with van der Waals surface area (Å²) in [6.45, 7) is 4.93. The van der Waals surface area contributed by atoms with Crippen LogP contribution in [0.3, 0.4) is 0 Å². The zero-order valence-electron chi connectivity index (χ0n) is 12.7. The first kappa shape index (κ1) is 22.8. The second-order valence-corrected chi connectivity index (χ2v) is 4.01. The normalized spacial score (nSPS) is 10.3. The van der Waals surface area contributed by atoms with Gasteiger partial charge >= 0.3 is 0 Å². The summed E-state index contributed by atoms with van der Waals surface area (Å²) in [5.41, 5.74) is 5.00. The standard InChI is InChI=1S/C13H27NO6.ClH/c1-16-5-6-18-9-10-20-12-11-19-8-7-17-4-2-3-13(14)15;/h2-12H2,1H3,(H2,14,15);1H. The van der Waals surface area contributed by atoms with Crippen LogP contribution in [-0.2, 0) is 28.5 Å². The van der Waals surface area contributed by atoms with Crippen molar-refractivity contribution in [3.63, 3.8) is 0 Å². The summed E-state index contributed by atoms with van der Waals surface area (Å²) >= 11 is 0. The lowest BCUT2D eigenvalue weighted by Gasteiger charge is -2.07. The van der Waals surface area contributed by atoms with Gasteiger partial charge in [0.25, 0.3) is 0 Å². The predicted molar refractivity (Wildman–Crippen MR) is 80.8 cm³/mol. The van der Waals surface area contributed by atoms with Gasteiger partial charge in [-0.1, -0.05) is 0 Å². The van der Waals surface area contributed by atoms with E-state index in [0.29, 0.717) is 72.3 Å². The van der Waals surface area contributed by atoms with E-state index in [4.69, 9.17) is 29.4 Å². The van der Waals surface area contributed by atoms with Crippen LogP contribution in [0.25, 0.3) is 0 Å². The number of methoxy groups -OCH3 is 1. The van der Waals surface area contributed by atoms with Crippen LogP contribution < -0.4 is 5.73 Å². The molecule has 1 amide bonds. The first-order valence-corrected chi connectivity index (χ1v) is 6.85. The highest BCUT2D eigenvalue weighted by Gasteiger charge is 1.95. The topological polar surface area (TPSA) is 89.2 Å². The Labute approximate surface area is 132 Å². The Morgan fingerprint density at radius 3 is 1.52 bits per heavy atom. The minimum atomic E-state index is -0.298. The molecule has 0 atom stereocenters. The van der Waals surface area contributed by atoms with E-state index < -0.39 is 0 Å². The molecule has 0 rings (SSSR count). The molecule has 0 heterocycles. The first-order valence-electron chi connectivity index (χ1n) is 6.85. The smallest absolute Gasteiger partial charge is 0.217 e. The molecular formula is C13H28ClNO6. The highest BCUT2D eigenvalue weighted by atomic mass is 35.5. The molecule has 2 N–H and O–H groups in total. The Balaban J connectivity index is 0. The number of amides is 1. The Morgan fingerprint density at radius 1 is 0.762 bits per heavy atom. The van der Waals surface area contributed by atoms with Gasteiger partial charge in [-0.2, -0.15) is 0 Å². The van der Waals surface area contributed by atoms with E-state index in [9.17, 15) is 4.79 Å². The van der Waals surface area contributed by atoms with Gasteiger partial charge in [0.15, 0.2) is 0 Å². The summed E-state index contributed by atoms with van der Waals surface area (Å²) in [4.78, 5) is 10.4. The van der Waals surface area contributed by atoms with Gasteiger partial charge in [0.1, 0.15) is 0 Å². The zero-order valence-corrected chi connectivity index (χ0v) is 13.5. The number of hydrogen-bond donors (Lipinski definition) is 1. The zero-order chi connectivity index (χ0) is 14.9. The maximum atomic E-state index is 10.4. The molecule has 0 aliphatic rings. The van der Waals surface area contributed by atoms with Gasteiger partial charge in [0, 0.05) is 20.1 Å². The van der Waals surface area contributed by atoms with Crippen molar-refractivity contribution in [2.24, 2.45) is 5.73 Å². The summed E-state index contributed by atoms with van der Waals surface area (Å²) in [7, 11) is 1.64. The lowest BCUT2D eigenvalue weighted by atomic mass is 10.3. The summed E-state index contributed by atoms with van der Waals surface area (Å²) in [5, 5.41) is 0. The maximum Gasteiger partial charge on any atom is 0.217 e. The number of carbonyl (C=O) groups is 1. The lowest BCUT2D eigenvalue weighted by molar-refractivity contribution is -0.118. The molecule has 0 radical (unpaired) electrons. The third kappa shape index (κ3) is 22.0. The summed E-state index contributed by atoms with van der Waals surface area (Å²) < 4.78 is 25.9. The van der Waals surface area contributed by atoms with Crippen LogP contribution in [0.5, 0.6) is 0 Å². The van der Waals surface area contributed by atoms with Crippen LogP contribution in [-0.4, -0.2) is 72.5 Å². The van der Waals surface area contributed by atoms with Crippen molar-refractivity contribution >= 4 is 18.3 Å². The van der Waals surface area contributed by atoms with Gasteiger partial charge in [0.2, 0.25) is 5.91 Å². The van der Waals surface area contributed by atoms with Crippen LogP contribution in [0.4, 0.5) is 0 Å². The molecule has 0 aliphatic heterocycles. The van der Waals surface area contributed by atoms with Gasteiger partial charge in [-0.05, 0) is 6.42 Å². The van der Waals surface area contributed by atoms with Gasteiger partial charge in [0.05, 0.1) is 52.9 Å². The van der Waals surface area contributed by atoms with Crippen molar-refractivity contribution in [2.45, 2.75) is 12.8 Å². The highest BCUT2D eigenvalue weighted by molar-refractivity contribution is 5.85. The van der Waals surface area contributed by atoms with E-state index in [0.717, 1.165) is 0 Å². The van der Waals surface area contributed by atoms with Crippen molar-refractivity contribution in [1.82, 2.24) is 0 Å². The predicted octanol–water partition coefficient (Wildman–Crippen LogP) is 0.387. The van der Waals surface area contributed by atoms with Gasteiger partial charge in [-0.3, -0.25) is 4.79 Å². The molecule has 0 aromatic carbocycles. The van der Waals surface area contributed by atoms with Crippen LogP contribution >= 0.6 is 12.4 Å². The van der Waals surface area contributed by atoms with Crippen molar-refractivity contribution in [1.29, 1.82) is 0 Å². The SMILES string of the molecule is COCCOCCOCCOCCOCCCC(N)=O.Cl. The second kappa shape index (κ2) is 19.6. The number of ether oxygens (including phenoxy) is 5. The van der Waals surface area contributed by atoms with Crippen molar-refractivity contribution in [3.8, 4) is 0 Å². The van der Waals surface area contributed by atoms with Crippen LogP contribution in [0.15, 0.2) is 0 Å². The largest absolute Gasteiger partial charge is 0.382 e. The maximum absolute atomic E-state index is 10.4. The molecular weight excluding hydrogens is 302 g/mol. The van der Waals surface area contributed by atoms with Crippen molar-refractivity contribution < 1.29 is 28.5 Å². The molecule has 21 heavy (non-hydrogen) atoms. The van der Waals surface area contributed by atoms with E-state index in [1.807, 2.05) is 0 Å². The Morgan fingerprint density at radius 2 is 1.14 bits per heavy atom. The third-order valence-corrected chi connectivity index (χ3v) is 2.26. The van der Waals surface area contributed by atoms with E-state index in [2.05, 4.69) is 0 Å². The molecule has 0 spiro atoms. The molecule has 8 heteroatoms. The monoisotopic (exact) mass is 329 g/mol. The second-order valence-electron chi connectivity index (χ2n) is 4.01. The minimum Gasteiger partial charge on any atom is -0.382 e. The van der Waals surface area contributed by atoms with Gasteiger partial charge in [-0.25, -0.2) is 0 Å². The molecule has 7 nitrogen and oxygen atoms in total. The van der Waals surface area contributed by atoms with Crippen LogP contribution in [0, 0.1) is 0 Å². The van der Waals surface area contributed by atoms with Crippen LogP contribution in [0.2, 0.25) is 0 Å². The molecule has 0 aliphatic carbocycles. The fraction of sp³-hybridized carbons (Fsp3) is 0.923. The number of hydrogen-bond acceptors (Lipinski definition) is 6. The highest BCUT2D eigenvalue weighted by Crippen LogP contribution is 1.89. The third-order valence-electron chi connectivity index (χ3n) is 2.26. The van der Waals surface area contributed by atoms with Crippen molar-refractivity contribution in [3.05, 3.63) is 0 Å². The van der Waals surface area contributed by atoms with E-state index >= 15 is 0 Å². The molecule has 0 fully saturated rings. The van der Waals surface area contributed by atoms with E-state index in [-0.39, 0.29) is 18.3 Å². The molecule has 0 saturated carbocycles. The quantitative estimate of drug-likeness (QED) is 0.412. The minimum absolute atomic E-state index is 0. The fourth-order valence-electron chi connectivity index (χ4n) is 1.25. The lowest BCUT2D eigenvalue weighted by Crippen LogP contribution is -2.14.